The number of fused-ring (bicyclic) bond motifs is 3. The predicted molar refractivity (Wildman–Crippen MR) is 188 cm³/mol. The van der Waals surface area contributed by atoms with E-state index in [0.717, 1.165) is 55.5 Å². The van der Waals surface area contributed by atoms with Crippen molar-refractivity contribution in [3.8, 4) is 11.1 Å². The zero-order chi connectivity index (χ0) is 34.3. The number of pyridine rings is 2. The van der Waals surface area contributed by atoms with E-state index < -0.39 is 6.10 Å². The van der Waals surface area contributed by atoms with E-state index in [-0.39, 0.29) is 40.9 Å². The summed E-state index contributed by atoms with van der Waals surface area (Å²) in [4.78, 5) is 42.2. The van der Waals surface area contributed by atoms with Crippen molar-refractivity contribution in [2.24, 2.45) is 11.3 Å². The number of hydrogen-bond donors (Lipinski definition) is 1. The topological polar surface area (TPSA) is 117 Å². The molecule has 0 spiro atoms. The molecule has 0 unspecified atom stereocenters. The van der Waals surface area contributed by atoms with Gasteiger partial charge < -0.3 is 19.6 Å². The van der Waals surface area contributed by atoms with E-state index in [1.54, 1.807) is 0 Å². The van der Waals surface area contributed by atoms with Crippen LogP contribution in [0.15, 0.2) is 49.1 Å². The lowest BCUT2D eigenvalue weighted by atomic mass is 9.52. The van der Waals surface area contributed by atoms with Crippen LogP contribution in [0.2, 0.25) is 0 Å². The van der Waals surface area contributed by atoms with Crippen molar-refractivity contribution in [1.82, 2.24) is 24.6 Å². The number of aromatic nitrogens is 4. The number of ether oxygens (including phenoxy) is 1. The fourth-order valence-electron chi connectivity index (χ4n) is 8.49. The van der Waals surface area contributed by atoms with Crippen molar-refractivity contribution >= 4 is 23.6 Å². The SMILES string of the molecule is CC(C)n1cc(-c2ccnc(N(CC34CCC(c5ccc(N(C)C)nc5)(CC3)CC4)C(=O)C3CCC(OC(=O)N4CC(O)C4)CC3)c2)cn1. The van der Waals surface area contributed by atoms with Crippen molar-refractivity contribution in [2.75, 3.05) is 43.5 Å². The zero-order valence-corrected chi connectivity index (χ0v) is 29.4. The summed E-state index contributed by atoms with van der Waals surface area (Å²) in [7, 11) is 4.04. The van der Waals surface area contributed by atoms with Crippen LogP contribution in [0, 0.1) is 11.3 Å². The maximum Gasteiger partial charge on any atom is 0.410 e. The van der Waals surface area contributed by atoms with E-state index in [4.69, 9.17) is 14.7 Å². The van der Waals surface area contributed by atoms with Crippen LogP contribution in [0.25, 0.3) is 11.1 Å². The Balaban J connectivity index is 1.09. The van der Waals surface area contributed by atoms with Gasteiger partial charge in [0.2, 0.25) is 5.91 Å². The fourth-order valence-corrected chi connectivity index (χ4v) is 8.49. The number of carbonyl (C=O) groups is 2. The van der Waals surface area contributed by atoms with Crippen molar-refractivity contribution < 1.29 is 19.4 Å². The summed E-state index contributed by atoms with van der Waals surface area (Å²) in [6, 6.07) is 8.71. The molecule has 262 valence electrons. The predicted octanol–water partition coefficient (Wildman–Crippen LogP) is 5.98. The highest BCUT2D eigenvalue weighted by Crippen LogP contribution is 2.58. The number of rotatable bonds is 9. The summed E-state index contributed by atoms with van der Waals surface area (Å²) < 4.78 is 7.70. The van der Waals surface area contributed by atoms with Crippen molar-refractivity contribution in [2.45, 2.75) is 102 Å². The van der Waals surface area contributed by atoms with Gasteiger partial charge in [-0.3, -0.25) is 14.4 Å². The lowest BCUT2D eigenvalue weighted by Crippen LogP contribution is -2.54. The third kappa shape index (κ3) is 6.78. The molecule has 49 heavy (non-hydrogen) atoms. The number of anilines is 2. The van der Waals surface area contributed by atoms with Gasteiger partial charge in [0.1, 0.15) is 17.7 Å². The van der Waals surface area contributed by atoms with Crippen LogP contribution in [0.5, 0.6) is 0 Å². The summed E-state index contributed by atoms with van der Waals surface area (Å²) in [6.45, 7) is 5.53. The standard InChI is InChI=1S/C38H51N7O4/c1-26(2)45-22-29(20-41-45)28-11-18-39-34(19-28)44(35(47)27-5-8-32(9-6-27)49-36(48)43-23-31(46)24-43)25-37-12-15-38(16-13-37,17-14-37)30-7-10-33(40-21-30)42(3)4/h7,10-11,18-22,26-27,31-32,46H,5-6,8-9,12-17,23-25H2,1-4H3. The number of nitrogens with zero attached hydrogens (tertiary/aromatic N) is 7. The summed E-state index contributed by atoms with van der Waals surface area (Å²) >= 11 is 0. The average Bonchev–Trinajstić information content (AvgIpc) is 3.62. The quantitative estimate of drug-likeness (QED) is 0.296. The lowest BCUT2D eigenvalue weighted by Gasteiger charge is -2.55. The minimum absolute atomic E-state index is 0.0448. The molecule has 5 fully saturated rings. The van der Waals surface area contributed by atoms with E-state index >= 15 is 0 Å². The first-order valence-corrected chi connectivity index (χ1v) is 18.1. The molecule has 3 aromatic rings. The number of β-amino-alcohol motifs (C(OH)–C–C–N with tert-alkyl or cyclic N) is 1. The second-order valence-corrected chi connectivity index (χ2v) is 15.6. The Morgan fingerprint density at radius 1 is 0.939 bits per heavy atom. The Kier molecular flexibility index (Phi) is 9.15. The smallest absolute Gasteiger partial charge is 0.410 e. The van der Waals surface area contributed by atoms with E-state index in [9.17, 15) is 14.7 Å². The van der Waals surface area contributed by atoms with Gasteiger partial charge >= 0.3 is 6.09 Å². The van der Waals surface area contributed by atoms with Gasteiger partial charge in [-0.05, 0) is 118 Å². The molecule has 0 radical (unpaired) electrons. The highest BCUT2D eigenvalue weighted by Gasteiger charge is 2.51. The molecule has 2 bridgehead atoms. The molecule has 0 atom stereocenters. The molecule has 0 aromatic carbocycles. The summed E-state index contributed by atoms with van der Waals surface area (Å²) in [5, 5.41) is 14.1. The first-order valence-electron chi connectivity index (χ1n) is 18.1. The van der Waals surface area contributed by atoms with Crippen molar-refractivity contribution in [1.29, 1.82) is 0 Å². The van der Waals surface area contributed by atoms with E-state index in [1.165, 1.54) is 10.5 Å². The van der Waals surface area contributed by atoms with Gasteiger partial charge in [0.15, 0.2) is 0 Å². The molecule has 4 saturated carbocycles. The maximum atomic E-state index is 14.6. The van der Waals surface area contributed by atoms with Crippen LogP contribution in [-0.4, -0.2) is 87.7 Å². The molecule has 5 aliphatic rings. The zero-order valence-electron chi connectivity index (χ0n) is 29.4. The Morgan fingerprint density at radius 2 is 1.65 bits per heavy atom. The summed E-state index contributed by atoms with van der Waals surface area (Å²) in [5.41, 5.74) is 3.56. The van der Waals surface area contributed by atoms with Crippen molar-refractivity contribution in [3.63, 3.8) is 0 Å². The van der Waals surface area contributed by atoms with Crippen LogP contribution in [-0.2, 0) is 14.9 Å². The van der Waals surface area contributed by atoms with Crippen LogP contribution < -0.4 is 9.80 Å². The maximum absolute atomic E-state index is 14.6. The van der Waals surface area contributed by atoms with E-state index in [0.29, 0.717) is 51.1 Å². The largest absolute Gasteiger partial charge is 0.446 e. The number of amides is 2. The van der Waals surface area contributed by atoms with Gasteiger partial charge in [-0.1, -0.05) is 6.07 Å². The lowest BCUT2D eigenvalue weighted by molar-refractivity contribution is -0.124. The Bertz CT molecular complexity index is 1610. The number of hydrogen-bond acceptors (Lipinski definition) is 8. The van der Waals surface area contributed by atoms with Gasteiger partial charge in [0, 0.05) is 56.8 Å². The molecule has 11 heteroatoms. The first kappa shape index (κ1) is 33.5. The fraction of sp³-hybridized carbons (Fsp3) is 0.605. The minimum Gasteiger partial charge on any atom is -0.446 e. The average molecular weight is 670 g/mol. The third-order valence-electron chi connectivity index (χ3n) is 11.9. The third-order valence-corrected chi connectivity index (χ3v) is 11.9. The molecular weight excluding hydrogens is 618 g/mol. The number of likely N-dealkylation sites (tertiary alicyclic amines) is 1. The second-order valence-electron chi connectivity index (χ2n) is 15.6. The molecule has 1 aliphatic heterocycles. The molecule has 4 aliphatic carbocycles. The second kappa shape index (κ2) is 13.4. The van der Waals surface area contributed by atoms with Gasteiger partial charge in [-0.2, -0.15) is 5.10 Å². The van der Waals surface area contributed by atoms with Crippen LogP contribution in [0.4, 0.5) is 16.4 Å². The summed E-state index contributed by atoms with van der Waals surface area (Å²) in [6.07, 6.45) is 16.0. The molecule has 1 saturated heterocycles. The van der Waals surface area contributed by atoms with Crippen molar-refractivity contribution in [3.05, 3.63) is 54.6 Å². The molecule has 3 aromatic heterocycles. The Morgan fingerprint density at radius 3 is 2.24 bits per heavy atom. The van der Waals surface area contributed by atoms with Gasteiger partial charge in [0.05, 0.1) is 25.4 Å². The van der Waals surface area contributed by atoms with Gasteiger partial charge in [0.25, 0.3) is 0 Å². The Hall–Kier alpha value is -3.99. The Labute approximate surface area is 289 Å². The van der Waals surface area contributed by atoms with E-state index in [2.05, 4.69) is 49.5 Å². The van der Waals surface area contributed by atoms with Crippen LogP contribution >= 0.6 is 0 Å². The number of carbonyl (C=O) groups excluding carboxylic acids is 2. The highest BCUT2D eigenvalue weighted by molar-refractivity contribution is 5.95. The van der Waals surface area contributed by atoms with Gasteiger partial charge in [-0.15, -0.1) is 0 Å². The molecule has 8 rings (SSSR count). The molecule has 2 amide bonds. The van der Waals surface area contributed by atoms with Crippen LogP contribution in [0.1, 0.15) is 89.7 Å². The first-order chi connectivity index (χ1) is 23.5. The number of aliphatic hydroxyl groups excluding tert-OH is 1. The summed E-state index contributed by atoms with van der Waals surface area (Å²) in [5.74, 6) is 1.65. The number of aliphatic hydroxyl groups is 1. The normalized spacial score (nSPS) is 26.8. The molecule has 1 N–H and O–H groups in total. The highest BCUT2D eigenvalue weighted by atomic mass is 16.6. The van der Waals surface area contributed by atoms with Crippen LogP contribution in [0.3, 0.4) is 0 Å². The monoisotopic (exact) mass is 669 g/mol. The molecular formula is C38H51N7O4. The van der Waals surface area contributed by atoms with Gasteiger partial charge in [-0.25, -0.2) is 14.8 Å². The molecule has 11 nitrogen and oxygen atoms in total. The minimum atomic E-state index is -0.457. The molecule has 4 heterocycles. The van der Waals surface area contributed by atoms with E-state index in [1.807, 2.05) is 47.0 Å².